The fourth-order valence-electron chi connectivity index (χ4n) is 1.42. The molecule has 0 bridgehead atoms. The lowest BCUT2D eigenvalue weighted by Gasteiger charge is -2.17. The molecule has 18 heavy (non-hydrogen) atoms. The van der Waals surface area contributed by atoms with Crippen molar-refractivity contribution in [2.75, 3.05) is 7.11 Å². The lowest BCUT2D eigenvalue weighted by molar-refractivity contribution is -0.144. The van der Waals surface area contributed by atoms with E-state index in [1.807, 2.05) is 0 Å². The first-order valence-corrected chi connectivity index (χ1v) is 5.55. The molecule has 0 saturated carbocycles. The van der Waals surface area contributed by atoms with Crippen LogP contribution < -0.4 is 0 Å². The molecule has 0 aromatic heterocycles. The molecule has 2 atom stereocenters. The second-order valence-electron chi connectivity index (χ2n) is 3.69. The molecule has 2 N–H and O–H groups in total. The van der Waals surface area contributed by atoms with E-state index in [4.69, 9.17) is 11.6 Å². The minimum absolute atomic E-state index is 0.207. The van der Waals surface area contributed by atoms with E-state index in [-0.39, 0.29) is 17.0 Å². The molecule has 0 saturated heterocycles. The van der Waals surface area contributed by atoms with Crippen molar-refractivity contribution in [3.05, 3.63) is 34.3 Å². The van der Waals surface area contributed by atoms with Crippen LogP contribution in [0.15, 0.2) is 18.2 Å². The standard InChI is InChI=1S/C12H13ClO5/c1-18-11(16)5-10(15)12(17)7-2-3-9(13)8(4-7)6-14/h2-4,6,10,12,15,17H,5H2,1H3. The van der Waals surface area contributed by atoms with Crippen molar-refractivity contribution in [3.8, 4) is 0 Å². The Labute approximate surface area is 109 Å². The normalized spacial score (nSPS) is 13.8. The maximum atomic E-state index is 11.0. The van der Waals surface area contributed by atoms with E-state index >= 15 is 0 Å². The van der Waals surface area contributed by atoms with Crippen molar-refractivity contribution < 1.29 is 24.5 Å². The monoisotopic (exact) mass is 272 g/mol. The molecule has 0 spiro atoms. The number of carbonyl (C=O) groups excluding carboxylic acids is 2. The molecule has 0 fully saturated rings. The number of methoxy groups -OCH3 is 1. The summed E-state index contributed by atoms with van der Waals surface area (Å²) in [5.41, 5.74) is 0.511. The van der Waals surface area contributed by atoms with Gasteiger partial charge in [0, 0.05) is 5.56 Å². The Morgan fingerprint density at radius 2 is 2.17 bits per heavy atom. The molecular formula is C12H13ClO5. The summed E-state index contributed by atoms with van der Waals surface area (Å²) in [5.74, 6) is -0.633. The van der Waals surface area contributed by atoms with Crippen molar-refractivity contribution in [1.29, 1.82) is 0 Å². The molecule has 0 heterocycles. The van der Waals surface area contributed by atoms with E-state index in [9.17, 15) is 19.8 Å². The van der Waals surface area contributed by atoms with Crippen molar-refractivity contribution in [2.24, 2.45) is 0 Å². The molecule has 0 aliphatic carbocycles. The highest BCUT2D eigenvalue weighted by molar-refractivity contribution is 6.32. The summed E-state index contributed by atoms with van der Waals surface area (Å²) in [7, 11) is 1.19. The van der Waals surface area contributed by atoms with Crippen LogP contribution in [0.25, 0.3) is 0 Å². The summed E-state index contributed by atoms with van der Waals surface area (Å²) >= 11 is 5.74. The molecule has 6 heteroatoms. The average Bonchev–Trinajstić information content (AvgIpc) is 2.38. The number of ether oxygens (including phenoxy) is 1. The number of hydrogen-bond acceptors (Lipinski definition) is 5. The van der Waals surface area contributed by atoms with Gasteiger partial charge in [-0.25, -0.2) is 0 Å². The van der Waals surface area contributed by atoms with Crippen molar-refractivity contribution in [1.82, 2.24) is 0 Å². The second kappa shape index (κ2) is 6.49. The second-order valence-corrected chi connectivity index (χ2v) is 4.10. The molecule has 1 aromatic rings. The summed E-state index contributed by atoms with van der Waals surface area (Å²) in [6.45, 7) is 0. The van der Waals surface area contributed by atoms with Crippen LogP contribution in [0.1, 0.15) is 28.4 Å². The third kappa shape index (κ3) is 3.53. The van der Waals surface area contributed by atoms with Gasteiger partial charge in [0.1, 0.15) is 6.10 Å². The highest BCUT2D eigenvalue weighted by Crippen LogP contribution is 2.23. The molecule has 0 aliphatic rings. The molecular weight excluding hydrogens is 260 g/mol. The van der Waals surface area contributed by atoms with Gasteiger partial charge < -0.3 is 14.9 Å². The number of hydrogen-bond donors (Lipinski definition) is 2. The van der Waals surface area contributed by atoms with Crippen molar-refractivity contribution >= 4 is 23.9 Å². The molecule has 0 amide bonds. The van der Waals surface area contributed by atoms with E-state index in [1.54, 1.807) is 0 Å². The predicted molar refractivity (Wildman–Crippen MR) is 64.4 cm³/mol. The quantitative estimate of drug-likeness (QED) is 0.620. The Morgan fingerprint density at radius 3 is 2.72 bits per heavy atom. The smallest absolute Gasteiger partial charge is 0.308 e. The summed E-state index contributed by atoms with van der Waals surface area (Å²) in [4.78, 5) is 21.7. The van der Waals surface area contributed by atoms with E-state index < -0.39 is 18.2 Å². The first-order chi connectivity index (χ1) is 8.49. The van der Waals surface area contributed by atoms with Crippen LogP contribution in [0.5, 0.6) is 0 Å². The van der Waals surface area contributed by atoms with Crippen LogP contribution in [0, 0.1) is 0 Å². The summed E-state index contributed by atoms with van der Waals surface area (Å²) in [6, 6.07) is 4.27. The van der Waals surface area contributed by atoms with Gasteiger partial charge in [-0.2, -0.15) is 0 Å². The third-order valence-electron chi connectivity index (χ3n) is 2.46. The number of aliphatic hydroxyl groups excluding tert-OH is 2. The van der Waals surface area contributed by atoms with Crippen LogP contribution in [0.4, 0.5) is 0 Å². The van der Waals surface area contributed by atoms with Gasteiger partial charge in [-0.15, -0.1) is 0 Å². The zero-order valence-electron chi connectivity index (χ0n) is 9.67. The highest BCUT2D eigenvalue weighted by Gasteiger charge is 2.22. The number of aliphatic hydroxyl groups is 2. The number of rotatable bonds is 5. The van der Waals surface area contributed by atoms with Gasteiger partial charge in [0.15, 0.2) is 6.29 Å². The Hall–Kier alpha value is -1.43. The number of halogens is 1. The van der Waals surface area contributed by atoms with Crippen LogP contribution in [0.3, 0.4) is 0 Å². The largest absolute Gasteiger partial charge is 0.469 e. The molecule has 0 aliphatic heterocycles. The molecule has 5 nitrogen and oxygen atoms in total. The van der Waals surface area contributed by atoms with Crippen molar-refractivity contribution in [3.63, 3.8) is 0 Å². The lowest BCUT2D eigenvalue weighted by atomic mass is 10.0. The van der Waals surface area contributed by atoms with Gasteiger partial charge >= 0.3 is 5.97 Å². The Balaban J connectivity index is 2.86. The maximum Gasteiger partial charge on any atom is 0.308 e. The summed E-state index contributed by atoms with van der Waals surface area (Å²) in [6.07, 6.45) is -2.39. The van der Waals surface area contributed by atoms with E-state index in [2.05, 4.69) is 4.74 Å². The molecule has 98 valence electrons. The average molecular weight is 273 g/mol. The summed E-state index contributed by atoms with van der Waals surface area (Å²) in [5, 5.41) is 19.7. The van der Waals surface area contributed by atoms with Gasteiger partial charge in [0.05, 0.1) is 24.7 Å². The van der Waals surface area contributed by atoms with Gasteiger partial charge in [0.25, 0.3) is 0 Å². The van der Waals surface area contributed by atoms with Crippen LogP contribution in [-0.4, -0.2) is 35.7 Å². The molecule has 2 unspecified atom stereocenters. The highest BCUT2D eigenvalue weighted by atomic mass is 35.5. The van der Waals surface area contributed by atoms with Crippen molar-refractivity contribution in [2.45, 2.75) is 18.6 Å². The Bertz CT molecular complexity index is 446. The molecule has 0 radical (unpaired) electrons. The first kappa shape index (κ1) is 14.6. The number of aldehydes is 1. The van der Waals surface area contributed by atoms with Crippen LogP contribution in [0.2, 0.25) is 5.02 Å². The Morgan fingerprint density at radius 1 is 1.50 bits per heavy atom. The minimum atomic E-state index is -1.31. The number of benzene rings is 1. The minimum Gasteiger partial charge on any atom is -0.469 e. The van der Waals surface area contributed by atoms with Crippen LogP contribution >= 0.6 is 11.6 Å². The maximum absolute atomic E-state index is 11.0. The number of carbonyl (C=O) groups is 2. The van der Waals surface area contributed by atoms with Gasteiger partial charge in [0.2, 0.25) is 0 Å². The van der Waals surface area contributed by atoms with Crippen LogP contribution in [-0.2, 0) is 9.53 Å². The first-order valence-electron chi connectivity index (χ1n) is 5.17. The predicted octanol–water partition coefficient (Wildman–Crippen LogP) is 1.11. The zero-order valence-corrected chi connectivity index (χ0v) is 10.4. The molecule has 1 aromatic carbocycles. The van der Waals surface area contributed by atoms with E-state index in [0.29, 0.717) is 11.8 Å². The van der Waals surface area contributed by atoms with E-state index in [1.165, 1.54) is 25.3 Å². The third-order valence-corrected chi connectivity index (χ3v) is 2.80. The SMILES string of the molecule is COC(=O)CC(O)C(O)c1ccc(Cl)c(C=O)c1. The molecule has 1 rings (SSSR count). The zero-order chi connectivity index (χ0) is 13.7. The fourth-order valence-corrected chi connectivity index (χ4v) is 1.59. The van der Waals surface area contributed by atoms with Gasteiger partial charge in [-0.05, 0) is 17.7 Å². The summed E-state index contributed by atoms with van der Waals surface area (Å²) < 4.78 is 4.38. The Kier molecular flexibility index (Phi) is 5.27. The fraction of sp³-hybridized carbons (Fsp3) is 0.333. The van der Waals surface area contributed by atoms with Gasteiger partial charge in [-0.1, -0.05) is 17.7 Å². The van der Waals surface area contributed by atoms with Gasteiger partial charge in [-0.3, -0.25) is 9.59 Å². The topological polar surface area (TPSA) is 83.8 Å². The number of esters is 1. The van der Waals surface area contributed by atoms with E-state index in [0.717, 1.165) is 0 Å². The lowest BCUT2D eigenvalue weighted by Crippen LogP contribution is -2.22.